The molecule has 0 fully saturated rings. The summed E-state index contributed by atoms with van der Waals surface area (Å²) in [5.74, 6) is 0. The highest BCUT2D eigenvalue weighted by molar-refractivity contribution is 6.03. The number of carbonyl (C=O) groups excluding carboxylic acids is 1. The molecule has 0 bridgehead atoms. The number of amides is 2. The number of pyridine rings is 1. The zero-order chi connectivity index (χ0) is 19.7. The second kappa shape index (κ2) is 7.12. The molecular formula is C24H25N3O. The topological polar surface area (TPSA) is 45.2 Å². The number of nitrogens with one attached hydrogen (secondary N) is 1. The molecule has 1 aromatic heterocycles. The van der Waals surface area contributed by atoms with E-state index in [0.717, 1.165) is 28.9 Å². The molecule has 28 heavy (non-hydrogen) atoms. The molecule has 0 radical (unpaired) electrons. The number of aromatic nitrogens is 1. The van der Waals surface area contributed by atoms with Crippen molar-refractivity contribution in [2.75, 3.05) is 16.8 Å². The largest absolute Gasteiger partial charge is 0.326 e. The fourth-order valence-electron chi connectivity index (χ4n) is 3.58. The number of carbonyl (C=O) groups is 1. The van der Waals surface area contributed by atoms with Crippen molar-refractivity contribution < 1.29 is 4.79 Å². The van der Waals surface area contributed by atoms with Gasteiger partial charge in [-0.2, -0.15) is 0 Å². The predicted molar refractivity (Wildman–Crippen MR) is 115 cm³/mol. The number of fused-ring (bicyclic) bond motifs is 1. The van der Waals surface area contributed by atoms with Crippen LogP contribution in [-0.2, 0) is 11.8 Å². The molecule has 4 heteroatoms. The number of rotatable bonds is 2. The molecule has 2 amide bonds. The van der Waals surface area contributed by atoms with E-state index in [9.17, 15) is 4.79 Å². The SMILES string of the molecule is CC(C)(C)c1ccc(NC(=O)N2CCc3cc(-c4ccncc4)ccc32)cc1. The van der Waals surface area contributed by atoms with Crippen molar-refractivity contribution in [3.8, 4) is 11.1 Å². The van der Waals surface area contributed by atoms with Crippen LogP contribution in [0, 0.1) is 0 Å². The van der Waals surface area contributed by atoms with Gasteiger partial charge in [0, 0.05) is 30.3 Å². The van der Waals surface area contributed by atoms with E-state index in [1.165, 1.54) is 11.1 Å². The third-order valence-corrected chi connectivity index (χ3v) is 5.24. The first-order valence-corrected chi connectivity index (χ1v) is 9.64. The van der Waals surface area contributed by atoms with Crippen LogP contribution in [-0.4, -0.2) is 17.6 Å². The highest BCUT2D eigenvalue weighted by atomic mass is 16.2. The molecule has 2 aromatic carbocycles. The van der Waals surface area contributed by atoms with Gasteiger partial charge in [-0.25, -0.2) is 4.79 Å². The van der Waals surface area contributed by atoms with Crippen LogP contribution < -0.4 is 10.2 Å². The summed E-state index contributed by atoms with van der Waals surface area (Å²) < 4.78 is 0. The minimum atomic E-state index is -0.0843. The van der Waals surface area contributed by atoms with E-state index in [1.54, 1.807) is 12.4 Å². The third kappa shape index (κ3) is 3.63. The number of nitrogens with zero attached hydrogens (tertiary/aromatic N) is 2. The zero-order valence-electron chi connectivity index (χ0n) is 16.6. The molecule has 0 atom stereocenters. The van der Waals surface area contributed by atoms with Gasteiger partial charge in [-0.3, -0.25) is 9.88 Å². The molecule has 1 aliphatic heterocycles. The lowest BCUT2D eigenvalue weighted by atomic mass is 9.87. The van der Waals surface area contributed by atoms with Gasteiger partial charge in [0.25, 0.3) is 0 Å². The smallest absolute Gasteiger partial charge is 0.308 e. The fraction of sp³-hybridized carbons (Fsp3) is 0.250. The molecular weight excluding hydrogens is 346 g/mol. The fourth-order valence-corrected chi connectivity index (χ4v) is 3.58. The summed E-state index contributed by atoms with van der Waals surface area (Å²) in [6.45, 7) is 7.24. The quantitative estimate of drug-likeness (QED) is 0.633. The molecule has 2 heterocycles. The average Bonchev–Trinajstić information content (AvgIpc) is 3.12. The van der Waals surface area contributed by atoms with Crippen molar-refractivity contribution in [1.82, 2.24) is 4.98 Å². The number of hydrogen-bond donors (Lipinski definition) is 1. The first kappa shape index (κ1) is 18.2. The Morgan fingerprint density at radius 1 is 0.964 bits per heavy atom. The molecule has 4 rings (SSSR count). The minimum absolute atomic E-state index is 0.0843. The first-order valence-electron chi connectivity index (χ1n) is 9.64. The predicted octanol–water partition coefficient (Wildman–Crippen LogP) is 5.64. The van der Waals surface area contributed by atoms with Crippen LogP contribution in [0.15, 0.2) is 67.0 Å². The van der Waals surface area contributed by atoms with Gasteiger partial charge in [0.15, 0.2) is 0 Å². The van der Waals surface area contributed by atoms with Gasteiger partial charge in [-0.05, 0) is 70.5 Å². The van der Waals surface area contributed by atoms with Crippen molar-refractivity contribution in [3.63, 3.8) is 0 Å². The molecule has 0 aliphatic carbocycles. The van der Waals surface area contributed by atoms with Crippen LogP contribution in [0.2, 0.25) is 0 Å². The first-order chi connectivity index (χ1) is 13.4. The maximum atomic E-state index is 12.8. The Hall–Kier alpha value is -3.14. The van der Waals surface area contributed by atoms with E-state index in [1.807, 2.05) is 35.2 Å². The Morgan fingerprint density at radius 2 is 1.68 bits per heavy atom. The Morgan fingerprint density at radius 3 is 2.36 bits per heavy atom. The third-order valence-electron chi connectivity index (χ3n) is 5.24. The summed E-state index contributed by atoms with van der Waals surface area (Å²) in [4.78, 5) is 18.7. The molecule has 0 saturated heterocycles. The maximum Gasteiger partial charge on any atom is 0.326 e. The highest BCUT2D eigenvalue weighted by Crippen LogP contribution is 2.33. The van der Waals surface area contributed by atoms with Crippen LogP contribution in [0.25, 0.3) is 11.1 Å². The van der Waals surface area contributed by atoms with Crippen LogP contribution in [0.5, 0.6) is 0 Å². The van der Waals surface area contributed by atoms with Crippen LogP contribution in [0.4, 0.5) is 16.2 Å². The normalized spacial score (nSPS) is 13.3. The number of hydrogen-bond acceptors (Lipinski definition) is 2. The van der Waals surface area contributed by atoms with Gasteiger partial charge >= 0.3 is 6.03 Å². The molecule has 3 aromatic rings. The van der Waals surface area contributed by atoms with E-state index >= 15 is 0 Å². The molecule has 1 aliphatic rings. The average molecular weight is 371 g/mol. The summed E-state index contributed by atoms with van der Waals surface area (Å²) in [7, 11) is 0. The van der Waals surface area contributed by atoms with Crippen molar-refractivity contribution in [3.05, 3.63) is 78.1 Å². The van der Waals surface area contributed by atoms with E-state index in [-0.39, 0.29) is 11.4 Å². The second-order valence-electron chi connectivity index (χ2n) is 8.24. The second-order valence-corrected chi connectivity index (χ2v) is 8.24. The lowest BCUT2D eigenvalue weighted by Crippen LogP contribution is -2.33. The molecule has 4 nitrogen and oxygen atoms in total. The van der Waals surface area contributed by atoms with E-state index in [2.05, 4.69) is 55.3 Å². The summed E-state index contributed by atoms with van der Waals surface area (Å²) in [6, 6.07) is 18.3. The number of benzene rings is 2. The summed E-state index contributed by atoms with van der Waals surface area (Å²) in [5.41, 5.74) is 6.65. The van der Waals surface area contributed by atoms with E-state index < -0.39 is 0 Å². The number of anilines is 2. The van der Waals surface area contributed by atoms with Crippen LogP contribution in [0.1, 0.15) is 31.9 Å². The van der Waals surface area contributed by atoms with Crippen molar-refractivity contribution in [1.29, 1.82) is 0 Å². The van der Waals surface area contributed by atoms with Gasteiger partial charge in [0.05, 0.1) is 0 Å². The molecule has 0 unspecified atom stereocenters. The van der Waals surface area contributed by atoms with E-state index in [4.69, 9.17) is 0 Å². The van der Waals surface area contributed by atoms with E-state index in [0.29, 0.717) is 6.54 Å². The zero-order valence-corrected chi connectivity index (χ0v) is 16.6. The Balaban J connectivity index is 1.50. The molecule has 1 N–H and O–H groups in total. The van der Waals surface area contributed by atoms with Crippen molar-refractivity contribution >= 4 is 17.4 Å². The summed E-state index contributed by atoms with van der Waals surface area (Å²) >= 11 is 0. The van der Waals surface area contributed by atoms with Crippen LogP contribution >= 0.6 is 0 Å². The standard InChI is InChI=1S/C24H25N3O/c1-24(2,3)20-5-7-21(8-6-20)26-23(28)27-15-12-19-16-18(4-9-22(19)27)17-10-13-25-14-11-17/h4-11,13-14,16H,12,15H2,1-3H3,(H,26,28). The molecule has 0 saturated carbocycles. The Bertz CT molecular complexity index is 989. The van der Waals surface area contributed by atoms with Crippen LogP contribution in [0.3, 0.4) is 0 Å². The van der Waals surface area contributed by atoms with Crippen molar-refractivity contribution in [2.45, 2.75) is 32.6 Å². The van der Waals surface area contributed by atoms with Gasteiger partial charge < -0.3 is 5.32 Å². The molecule has 0 spiro atoms. The van der Waals surface area contributed by atoms with Gasteiger partial charge in [0.1, 0.15) is 0 Å². The Labute approximate surface area is 166 Å². The lowest BCUT2D eigenvalue weighted by molar-refractivity contribution is 0.257. The van der Waals surface area contributed by atoms with Gasteiger partial charge in [-0.15, -0.1) is 0 Å². The van der Waals surface area contributed by atoms with Crippen molar-refractivity contribution in [2.24, 2.45) is 0 Å². The van der Waals surface area contributed by atoms with Gasteiger partial charge in [-0.1, -0.05) is 39.0 Å². The Kier molecular flexibility index (Phi) is 4.63. The maximum absolute atomic E-state index is 12.8. The molecule has 142 valence electrons. The summed E-state index contributed by atoms with van der Waals surface area (Å²) in [6.07, 6.45) is 4.46. The minimum Gasteiger partial charge on any atom is -0.308 e. The van der Waals surface area contributed by atoms with Gasteiger partial charge in [0.2, 0.25) is 0 Å². The highest BCUT2D eigenvalue weighted by Gasteiger charge is 2.25. The summed E-state index contributed by atoms with van der Waals surface area (Å²) in [5, 5.41) is 3.03. The number of urea groups is 1. The monoisotopic (exact) mass is 371 g/mol. The lowest BCUT2D eigenvalue weighted by Gasteiger charge is -2.21.